The number of methoxy groups -OCH3 is 1. The van der Waals surface area contributed by atoms with Gasteiger partial charge in [0.25, 0.3) is 0 Å². The lowest BCUT2D eigenvalue weighted by Crippen LogP contribution is -2.54. The second kappa shape index (κ2) is 11.2. The highest BCUT2D eigenvalue weighted by Gasteiger charge is 2.32. The predicted molar refractivity (Wildman–Crippen MR) is 128 cm³/mol. The fourth-order valence-corrected chi connectivity index (χ4v) is 4.62. The molecule has 1 saturated heterocycles. The van der Waals surface area contributed by atoms with E-state index in [-0.39, 0.29) is 12.3 Å². The number of benzene rings is 1. The van der Waals surface area contributed by atoms with E-state index in [0.717, 1.165) is 43.5 Å². The van der Waals surface area contributed by atoms with Crippen LogP contribution in [0, 0.1) is 0 Å². The Morgan fingerprint density at radius 2 is 1.76 bits per heavy atom. The van der Waals surface area contributed by atoms with Crippen molar-refractivity contribution in [1.29, 1.82) is 0 Å². The van der Waals surface area contributed by atoms with Crippen LogP contribution in [0.25, 0.3) is 0 Å². The van der Waals surface area contributed by atoms with E-state index < -0.39 is 23.7 Å². The van der Waals surface area contributed by atoms with Gasteiger partial charge in [-0.2, -0.15) is 0 Å². The van der Waals surface area contributed by atoms with Crippen molar-refractivity contribution < 1.29 is 29.0 Å². The minimum atomic E-state index is -1.14. The summed E-state index contributed by atoms with van der Waals surface area (Å²) < 4.78 is 10.6. The fraction of sp³-hybridized carbons (Fsp3) is 0.640. The second-order valence-electron chi connectivity index (χ2n) is 10.1. The Morgan fingerprint density at radius 1 is 1.12 bits per heavy atom. The lowest BCUT2D eigenvalue weighted by atomic mass is 9.91. The lowest BCUT2D eigenvalue weighted by molar-refractivity contribution is -0.139. The minimum absolute atomic E-state index is 0.0721. The Labute approximate surface area is 201 Å². The summed E-state index contributed by atoms with van der Waals surface area (Å²) in [6.45, 7) is 7.01. The summed E-state index contributed by atoms with van der Waals surface area (Å²) in [6.07, 6.45) is 3.88. The SMILES string of the molecule is COC1CCC(N2CCN(c3ccc(CC(NC(=O)OC(C)(C)C)C(=O)O)cc3)C(=O)C2)CC1. The zero-order valence-electron chi connectivity index (χ0n) is 20.6. The summed E-state index contributed by atoms with van der Waals surface area (Å²) in [7, 11) is 1.76. The molecule has 2 fully saturated rings. The molecule has 188 valence electrons. The molecule has 0 aromatic heterocycles. The topological polar surface area (TPSA) is 108 Å². The molecule has 0 spiro atoms. The van der Waals surface area contributed by atoms with Crippen LogP contribution in [0.1, 0.15) is 52.0 Å². The molecule has 1 unspecified atom stereocenters. The van der Waals surface area contributed by atoms with Crippen molar-refractivity contribution >= 4 is 23.7 Å². The van der Waals surface area contributed by atoms with Crippen LogP contribution in [0.5, 0.6) is 0 Å². The number of carbonyl (C=O) groups is 3. The highest BCUT2D eigenvalue weighted by atomic mass is 16.6. The molecule has 2 amide bonds. The first-order valence-corrected chi connectivity index (χ1v) is 11.9. The number of anilines is 1. The van der Waals surface area contributed by atoms with Gasteiger partial charge in [-0.1, -0.05) is 12.1 Å². The molecule has 1 atom stereocenters. The van der Waals surface area contributed by atoms with Gasteiger partial charge in [-0.05, 0) is 64.2 Å². The van der Waals surface area contributed by atoms with Gasteiger partial charge < -0.3 is 24.8 Å². The van der Waals surface area contributed by atoms with Crippen molar-refractivity contribution in [2.75, 3.05) is 31.6 Å². The summed E-state index contributed by atoms with van der Waals surface area (Å²) in [5.74, 6) is -1.07. The number of carboxylic acids is 1. The molecule has 9 nitrogen and oxygen atoms in total. The van der Waals surface area contributed by atoms with E-state index in [9.17, 15) is 19.5 Å². The van der Waals surface area contributed by atoms with Crippen LogP contribution in [0.15, 0.2) is 24.3 Å². The number of nitrogens with one attached hydrogen (secondary N) is 1. The summed E-state index contributed by atoms with van der Waals surface area (Å²) in [5, 5.41) is 11.9. The van der Waals surface area contributed by atoms with E-state index in [0.29, 0.717) is 25.2 Å². The summed E-state index contributed by atoms with van der Waals surface area (Å²) >= 11 is 0. The Morgan fingerprint density at radius 3 is 2.29 bits per heavy atom. The van der Waals surface area contributed by atoms with E-state index in [2.05, 4.69) is 10.2 Å². The largest absolute Gasteiger partial charge is 0.480 e. The first-order chi connectivity index (χ1) is 16.1. The third-order valence-corrected chi connectivity index (χ3v) is 6.42. The van der Waals surface area contributed by atoms with Crippen molar-refractivity contribution in [1.82, 2.24) is 10.2 Å². The molecule has 1 aliphatic heterocycles. The minimum Gasteiger partial charge on any atom is -0.480 e. The van der Waals surface area contributed by atoms with Crippen LogP contribution in [-0.4, -0.2) is 78.5 Å². The van der Waals surface area contributed by atoms with Gasteiger partial charge in [-0.25, -0.2) is 9.59 Å². The van der Waals surface area contributed by atoms with Crippen molar-refractivity contribution in [3.05, 3.63) is 29.8 Å². The number of carbonyl (C=O) groups excluding carboxylic acids is 2. The molecule has 1 saturated carbocycles. The van der Waals surface area contributed by atoms with Crippen molar-refractivity contribution in [2.24, 2.45) is 0 Å². The monoisotopic (exact) mass is 475 g/mol. The van der Waals surface area contributed by atoms with Gasteiger partial charge in [0.1, 0.15) is 11.6 Å². The van der Waals surface area contributed by atoms with Crippen molar-refractivity contribution in [2.45, 2.75) is 76.7 Å². The highest BCUT2D eigenvalue weighted by Crippen LogP contribution is 2.27. The molecule has 34 heavy (non-hydrogen) atoms. The summed E-state index contributed by atoms with van der Waals surface area (Å²) in [5.41, 5.74) is 0.825. The zero-order valence-corrected chi connectivity index (χ0v) is 20.6. The number of hydrogen-bond donors (Lipinski definition) is 2. The molecular weight excluding hydrogens is 438 g/mol. The average molecular weight is 476 g/mol. The number of rotatable bonds is 7. The van der Waals surface area contributed by atoms with Crippen molar-refractivity contribution in [3.63, 3.8) is 0 Å². The standard InChI is InChI=1S/C25H37N3O6/c1-25(2,3)34-24(32)26-21(23(30)31)15-17-5-7-19(8-6-17)28-14-13-27(16-22(28)29)18-9-11-20(33-4)12-10-18/h5-8,18,20-21H,9-16H2,1-4H3,(H,26,32)(H,30,31). The number of carboxylic acid groups (broad SMARTS) is 1. The van der Waals surface area contributed by atoms with Crippen molar-refractivity contribution in [3.8, 4) is 0 Å². The Bertz CT molecular complexity index is 858. The third-order valence-electron chi connectivity index (χ3n) is 6.42. The van der Waals surface area contributed by atoms with Gasteiger partial charge in [0.2, 0.25) is 5.91 Å². The van der Waals surface area contributed by atoms with Crippen LogP contribution in [0.4, 0.5) is 10.5 Å². The van der Waals surface area contributed by atoms with Crippen LogP contribution in [0.3, 0.4) is 0 Å². The normalized spacial score (nSPS) is 22.8. The summed E-state index contributed by atoms with van der Waals surface area (Å²) in [4.78, 5) is 40.6. The van der Waals surface area contributed by atoms with Gasteiger partial charge in [-0.15, -0.1) is 0 Å². The Hall–Kier alpha value is -2.65. The zero-order chi connectivity index (χ0) is 24.9. The molecule has 1 heterocycles. The number of hydrogen-bond acceptors (Lipinski definition) is 6. The highest BCUT2D eigenvalue weighted by molar-refractivity contribution is 5.95. The van der Waals surface area contributed by atoms with E-state index in [1.54, 1.807) is 44.9 Å². The maximum absolute atomic E-state index is 12.9. The van der Waals surface area contributed by atoms with Gasteiger partial charge >= 0.3 is 12.1 Å². The van der Waals surface area contributed by atoms with E-state index in [4.69, 9.17) is 9.47 Å². The smallest absolute Gasteiger partial charge is 0.408 e. The number of piperazine rings is 1. The Kier molecular flexibility index (Phi) is 8.54. The molecule has 2 N–H and O–H groups in total. The molecule has 1 aromatic rings. The summed E-state index contributed by atoms with van der Waals surface area (Å²) in [6, 6.07) is 6.59. The molecule has 0 radical (unpaired) electrons. The molecule has 1 aromatic carbocycles. The third kappa shape index (κ3) is 7.17. The van der Waals surface area contributed by atoms with Gasteiger partial charge in [0, 0.05) is 38.3 Å². The number of alkyl carbamates (subject to hydrolysis) is 1. The van der Waals surface area contributed by atoms with Gasteiger partial charge in [-0.3, -0.25) is 9.69 Å². The van der Waals surface area contributed by atoms with E-state index >= 15 is 0 Å². The van der Waals surface area contributed by atoms with Crippen LogP contribution >= 0.6 is 0 Å². The number of ether oxygens (including phenoxy) is 2. The average Bonchev–Trinajstić information content (AvgIpc) is 2.78. The quantitative estimate of drug-likeness (QED) is 0.624. The first-order valence-electron chi connectivity index (χ1n) is 11.9. The van der Waals surface area contributed by atoms with Gasteiger partial charge in [0.05, 0.1) is 12.6 Å². The number of amides is 2. The molecule has 0 bridgehead atoms. The van der Waals surface area contributed by atoms with Crippen LogP contribution < -0.4 is 10.2 Å². The molecule has 1 aliphatic carbocycles. The maximum Gasteiger partial charge on any atom is 0.408 e. The van der Waals surface area contributed by atoms with Crippen LogP contribution in [0.2, 0.25) is 0 Å². The molecule has 3 rings (SSSR count). The second-order valence-corrected chi connectivity index (χ2v) is 10.1. The lowest BCUT2D eigenvalue weighted by Gasteiger charge is -2.41. The Balaban J connectivity index is 1.55. The fourth-order valence-electron chi connectivity index (χ4n) is 4.62. The van der Waals surface area contributed by atoms with E-state index in [1.165, 1.54) is 0 Å². The first kappa shape index (κ1) is 26.0. The maximum atomic E-state index is 12.9. The number of aliphatic carboxylic acids is 1. The molecule has 2 aliphatic rings. The van der Waals surface area contributed by atoms with E-state index in [1.807, 2.05) is 12.1 Å². The predicted octanol–water partition coefficient (Wildman–Crippen LogP) is 2.81. The van der Waals surface area contributed by atoms with Gasteiger partial charge in [0.15, 0.2) is 0 Å². The molecule has 9 heteroatoms. The number of nitrogens with zero attached hydrogens (tertiary/aromatic N) is 2. The molecular formula is C25H37N3O6. The van der Waals surface area contributed by atoms with Crippen LogP contribution in [-0.2, 0) is 25.5 Å².